The molecular formula is C16H21ClFN3. The van der Waals surface area contributed by atoms with Crippen LogP contribution in [0.4, 0.5) is 4.39 Å². The number of benzene rings is 1. The average Bonchev–Trinajstić information content (AvgIpc) is 2.71. The second kappa shape index (κ2) is 7.05. The van der Waals surface area contributed by atoms with E-state index >= 15 is 0 Å². The minimum absolute atomic E-state index is 0.180. The summed E-state index contributed by atoms with van der Waals surface area (Å²) in [5.74, 6) is -0.386. The van der Waals surface area contributed by atoms with Crippen LogP contribution in [0.2, 0.25) is 5.02 Å². The van der Waals surface area contributed by atoms with Crippen LogP contribution < -0.4 is 5.32 Å². The molecule has 0 aliphatic rings. The third kappa shape index (κ3) is 3.63. The molecule has 2 aromatic rings. The van der Waals surface area contributed by atoms with Gasteiger partial charge in [-0.1, -0.05) is 30.7 Å². The summed E-state index contributed by atoms with van der Waals surface area (Å²) in [5.41, 5.74) is 4.15. The van der Waals surface area contributed by atoms with E-state index in [2.05, 4.69) is 24.3 Å². The van der Waals surface area contributed by atoms with Crippen molar-refractivity contribution in [2.24, 2.45) is 0 Å². The fourth-order valence-electron chi connectivity index (χ4n) is 2.47. The molecule has 0 saturated carbocycles. The second-order valence-corrected chi connectivity index (χ2v) is 5.50. The van der Waals surface area contributed by atoms with Gasteiger partial charge in [-0.25, -0.2) is 4.39 Å². The Hall–Kier alpha value is -1.39. The van der Waals surface area contributed by atoms with Crippen molar-refractivity contribution in [2.45, 2.75) is 33.7 Å². The first kappa shape index (κ1) is 16.0. The Bertz CT molecular complexity index is 622. The van der Waals surface area contributed by atoms with Gasteiger partial charge in [-0.15, -0.1) is 0 Å². The minimum atomic E-state index is -0.386. The van der Waals surface area contributed by atoms with Gasteiger partial charge in [0.1, 0.15) is 5.82 Å². The highest BCUT2D eigenvalue weighted by atomic mass is 35.5. The monoisotopic (exact) mass is 309 g/mol. The first-order chi connectivity index (χ1) is 10.0. The van der Waals surface area contributed by atoms with Gasteiger partial charge in [0.2, 0.25) is 0 Å². The third-order valence-electron chi connectivity index (χ3n) is 3.68. The Morgan fingerprint density at radius 2 is 2.10 bits per heavy atom. The van der Waals surface area contributed by atoms with Gasteiger partial charge in [0, 0.05) is 5.69 Å². The Morgan fingerprint density at radius 3 is 2.81 bits per heavy atom. The molecule has 0 spiro atoms. The van der Waals surface area contributed by atoms with Gasteiger partial charge >= 0.3 is 0 Å². The Kier molecular flexibility index (Phi) is 5.37. The van der Waals surface area contributed by atoms with Crippen molar-refractivity contribution in [3.8, 4) is 0 Å². The lowest BCUT2D eigenvalue weighted by Gasteiger charge is -2.08. The fraction of sp³-hybridized carbons (Fsp3) is 0.438. The molecule has 0 saturated heterocycles. The molecule has 3 nitrogen and oxygen atoms in total. The molecule has 0 radical (unpaired) electrons. The molecule has 1 N–H and O–H groups in total. The molecule has 5 heteroatoms. The van der Waals surface area contributed by atoms with Crippen LogP contribution in [0.5, 0.6) is 0 Å². The smallest absolute Gasteiger partial charge is 0.142 e. The van der Waals surface area contributed by atoms with E-state index < -0.39 is 0 Å². The number of aromatic nitrogens is 2. The SMILES string of the molecule is CCNCCc1c(C)nn(Cc2cccc(F)c2Cl)c1C. The molecule has 1 aromatic heterocycles. The van der Waals surface area contributed by atoms with E-state index in [0.29, 0.717) is 6.54 Å². The zero-order chi connectivity index (χ0) is 15.4. The summed E-state index contributed by atoms with van der Waals surface area (Å²) in [6, 6.07) is 4.88. The van der Waals surface area contributed by atoms with Gasteiger partial charge in [0.05, 0.1) is 17.3 Å². The maximum atomic E-state index is 13.5. The highest BCUT2D eigenvalue weighted by Gasteiger charge is 2.13. The number of hydrogen-bond acceptors (Lipinski definition) is 2. The lowest BCUT2D eigenvalue weighted by molar-refractivity contribution is 0.616. The lowest BCUT2D eigenvalue weighted by Crippen LogP contribution is -2.16. The Morgan fingerprint density at radius 1 is 1.33 bits per heavy atom. The van der Waals surface area contributed by atoms with Crippen molar-refractivity contribution < 1.29 is 4.39 Å². The zero-order valence-corrected chi connectivity index (χ0v) is 13.5. The molecule has 0 unspecified atom stereocenters. The van der Waals surface area contributed by atoms with Gasteiger partial charge in [0.15, 0.2) is 0 Å². The molecule has 0 bridgehead atoms. The van der Waals surface area contributed by atoms with Crippen molar-refractivity contribution >= 4 is 11.6 Å². The minimum Gasteiger partial charge on any atom is -0.317 e. The van der Waals surface area contributed by atoms with E-state index in [1.807, 2.05) is 17.7 Å². The van der Waals surface area contributed by atoms with Crippen LogP contribution >= 0.6 is 11.6 Å². The normalized spacial score (nSPS) is 11.1. The zero-order valence-electron chi connectivity index (χ0n) is 12.7. The van der Waals surface area contributed by atoms with Crippen molar-refractivity contribution in [1.29, 1.82) is 0 Å². The summed E-state index contributed by atoms with van der Waals surface area (Å²) >= 11 is 6.02. The number of hydrogen-bond donors (Lipinski definition) is 1. The number of nitrogens with zero attached hydrogens (tertiary/aromatic N) is 2. The van der Waals surface area contributed by atoms with Crippen molar-refractivity contribution in [3.05, 3.63) is 51.6 Å². The summed E-state index contributed by atoms with van der Waals surface area (Å²) in [5, 5.41) is 8.06. The first-order valence-corrected chi connectivity index (χ1v) is 7.58. The summed E-state index contributed by atoms with van der Waals surface area (Å²) < 4.78 is 15.4. The number of nitrogens with one attached hydrogen (secondary N) is 1. The summed E-state index contributed by atoms with van der Waals surface area (Å²) in [4.78, 5) is 0. The van der Waals surface area contributed by atoms with Crippen LogP contribution in [0.25, 0.3) is 0 Å². The van der Waals surface area contributed by atoms with Crippen molar-refractivity contribution in [2.75, 3.05) is 13.1 Å². The largest absolute Gasteiger partial charge is 0.317 e. The molecule has 2 rings (SSSR count). The van der Waals surface area contributed by atoms with Gasteiger partial charge < -0.3 is 5.32 Å². The quantitative estimate of drug-likeness (QED) is 0.828. The van der Waals surface area contributed by atoms with E-state index in [-0.39, 0.29) is 10.8 Å². The van der Waals surface area contributed by atoms with E-state index in [1.54, 1.807) is 6.07 Å². The maximum absolute atomic E-state index is 13.5. The van der Waals surface area contributed by atoms with E-state index in [4.69, 9.17) is 11.6 Å². The van der Waals surface area contributed by atoms with Gasteiger partial charge in [0.25, 0.3) is 0 Å². The number of aryl methyl sites for hydroxylation is 1. The summed E-state index contributed by atoms with van der Waals surface area (Å²) in [6.45, 7) is 8.54. The van der Waals surface area contributed by atoms with E-state index in [9.17, 15) is 4.39 Å². The average molecular weight is 310 g/mol. The predicted molar refractivity (Wildman–Crippen MR) is 84.5 cm³/mol. The number of halogens is 2. The molecule has 0 fully saturated rings. The second-order valence-electron chi connectivity index (χ2n) is 5.12. The topological polar surface area (TPSA) is 29.9 Å². The van der Waals surface area contributed by atoms with Crippen LogP contribution in [0.3, 0.4) is 0 Å². The molecular weight excluding hydrogens is 289 g/mol. The number of likely N-dealkylation sites (N-methyl/N-ethyl adjacent to an activating group) is 1. The molecule has 21 heavy (non-hydrogen) atoms. The Labute approximate surface area is 130 Å². The van der Waals surface area contributed by atoms with Crippen LogP contribution in [0.15, 0.2) is 18.2 Å². The fourth-order valence-corrected chi connectivity index (χ4v) is 2.66. The lowest BCUT2D eigenvalue weighted by atomic mass is 10.1. The molecule has 0 aliphatic heterocycles. The molecule has 0 amide bonds. The van der Waals surface area contributed by atoms with Gasteiger partial charge in [-0.05, 0) is 50.6 Å². The molecule has 1 heterocycles. The maximum Gasteiger partial charge on any atom is 0.142 e. The van der Waals surface area contributed by atoms with Crippen LogP contribution in [-0.2, 0) is 13.0 Å². The molecule has 0 atom stereocenters. The van der Waals surface area contributed by atoms with Gasteiger partial charge in [-0.2, -0.15) is 5.10 Å². The number of rotatable bonds is 6. The molecule has 0 aliphatic carbocycles. The van der Waals surface area contributed by atoms with Crippen LogP contribution in [-0.4, -0.2) is 22.9 Å². The Balaban J connectivity index is 2.21. The molecule has 114 valence electrons. The van der Waals surface area contributed by atoms with Crippen molar-refractivity contribution in [3.63, 3.8) is 0 Å². The molecule has 1 aromatic carbocycles. The summed E-state index contributed by atoms with van der Waals surface area (Å²) in [6.07, 6.45) is 0.947. The summed E-state index contributed by atoms with van der Waals surface area (Å²) in [7, 11) is 0. The first-order valence-electron chi connectivity index (χ1n) is 7.21. The van der Waals surface area contributed by atoms with E-state index in [0.717, 1.165) is 36.5 Å². The van der Waals surface area contributed by atoms with E-state index in [1.165, 1.54) is 11.6 Å². The highest BCUT2D eigenvalue weighted by Crippen LogP contribution is 2.22. The predicted octanol–water partition coefficient (Wildman–Crippen LogP) is 3.49. The standard InChI is InChI=1S/C16H21ClFN3/c1-4-19-9-8-14-11(2)20-21(12(14)3)10-13-6-5-7-15(18)16(13)17/h5-7,19H,4,8-10H2,1-3H3. The highest BCUT2D eigenvalue weighted by molar-refractivity contribution is 6.31. The van der Waals surface area contributed by atoms with Crippen LogP contribution in [0, 0.1) is 19.7 Å². The van der Waals surface area contributed by atoms with Crippen LogP contribution in [0.1, 0.15) is 29.4 Å². The third-order valence-corrected chi connectivity index (χ3v) is 4.11. The van der Waals surface area contributed by atoms with Crippen molar-refractivity contribution in [1.82, 2.24) is 15.1 Å². The van der Waals surface area contributed by atoms with Gasteiger partial charge in [-0.3, -0.25) is 4.68 Å².